The minimum absolute atomic E-state index is 0.0381. The van der Waals surface area contributed by atoms with Crippen LogP contribution in [-0.2, 0) is 11.2 Å². The fourth-order valence-corrected chi connectivity index (χ4v) is 3.91. The molecular formula is C19H30N4O2. The highest BCUT2D eigenvalue weighted by Crippen LogP contribution is 2.18. The number of carbonyl (C=O) groups is 2. The maximum absolute atomic E-state index is 12.5. The zero-order valence-electron chi connectivity index (χ0n) is 15.4. The maximum atomic E-state index is 12.5. The summed E-state index contributed by atoms with van der Waals surface area (Å²) in [6.45, 7) is 6.50. The molecule has 0 spiro atoms. The van der Waals surface area contributed by atoms with E-state index >= 15 is 0 Å². The number of aromatic nitrogens is 1. The van der Waals surface area contributed by atoms with Crippen LogP contribution in [0.15, 0.2) is 6.07 Å². The van der Waals surface area contributed by atoms with Gasteiger partial charge in [0.05, 0.1) is 6.42 Å². The van der Waals surface area contributed by atoms with E-state index in [9.17, 15) is 9.59 Å². The lowest BCUT2D eigenvalue weighted by Crippen LogP contribution is -2.55. The Hall–Kier alpha value is -1.98. The molecule has 1 saturated carbocycles. The molecule has 0 atom stereocenters. The van der Waals surface area contributed by atoms with E-state index < -0.39 is 0 Å². The summed E-state index contributed by atoms with van der Waals surface area (Å²) in [4.78, 5) is 31.9. The number of rotatable bonds is 3. The van der Waals surface area contributed by atoms with E-state index in [0.717, 1.165) is 29.8 Å². The fraction of sp³-hybridized carbons (Fsp3) is 0.684. The molecule has 0 aromatic carbocycles. The predicted octanol–water partition coefficient (Wildman–Crippen LogP) is 2.36. The first-order valence-corrected chi connectivity index (χ1v) is 9.51. The number of aromatic amines is 1. The third-order valence-corrected chi connectivity index (χ3v) is 5.45. The lowest BCUT2D eigenvalue weighted by Gasteiger charge is -2.36. The van der Waals surface area contributed by atoms with Crippen molar-refractivity contribution in [2.45, 2.75) is 58.4 Å². The van der Waals surface area contributed by atoms with E-state index in [4.69, 9.17) is 0 Å². The van der Waals surface area contributed by atoms with Gasteiger partial charge in [-0.05, 0) is 38.3 Å². The summed E-state index contributed by atoms with van der Waals surface area (Å²) in [5, 5.41) is 3.16. The third-order valence-electron chi connectivity index (χ3n) is 5.45. The monoisotopic (exact) mass is 346 g/mol. The van der Waals surface area contributed by atoms with Crippen LogP contribution in [0.25, 0.3) is 0 Å². The summed E-state index contributed by atoms with van der Waals surface area (Å²) >= 11 is 0. The zero-order valence-corrected chi connectivity index (χ0v) is 15.4. The van der Waals surface area contributed by atoms with Gasteiger partial charge in [0, 0.05) is 43.6 Å². The SMILES string of the molecule is Cc1cc(CC(=O)N2CCN(C(=O)NC3CCCCC3)CC2)c(C)[nH]1. The van der Waals surface area contributed by atoms with E-state index in [0.29, 0.717) is 38.6 Å². The quantitative estimate of drug-likeness (QED) is 0.882. The van der Waals surface area contributed by atoms with Crippen LogP contribution in [0.5, 0.6) is 0 Å². The Morgan fingerprint density at radius 3 is 2.32 bits per heavy atom. The van der Waals surface area contributed by atoms with E-state index in [1.165, 1.54) is 19.3 Å². The van der Waals surface area contributed by atoms with Crippen molar-refractivity contribution in [3.8, 4) is 0 Å². The molecule has 1 aliphatic heterocycles. The highest BCUT2D eigenvalue weighted by atomic mass is 16.2. The summed E-state index contributed by atoms with van der Waals surface area (Å²) < 4.78 is 0. The minimum Gasteiger partial charge on any atom is -0.362 e. The number of amides is 3. The molecular weight excluding hydrogens is 316 g/mol. The molecule has 3 amide bonds. The summed E-state index contributed by atoms with van der Waals surface area (Å²) in [7, 11) is 0. The molecule has 0 bridgehead atoms. The largest absolute Gasteiger partial charge is 0.362 e. The summed E-state index contributed by atoms with van der Waals surface area (Å²) in [5.74, 6) is 0.148. The number of nitrogens with zero attached hydrogens (tertiary/aromatic N) is 2. The molecule has 6 heteroatoms. The van der Waals surface area contributed by atoms with E-state index in [1.807, 2.05) is 29.7 Å². The second kappa shape index (κ2) is 7.93. The Morgan fingerprint density at radius 1 is 1.08 bits per heavy atom. The van der Waals surface area contributed by atoms with Crippen LogP contribution in [0.4, 0.5) is 4.79 Å². The number of H-pyrrole nitrogens is 1. The van der Waals surface area contributed by atoms with Gasteiger partial charge in [0.25, 0.3) is 0 Å². The Labute approximate surface area is 149 Å². The molecule has 0 unspecified atom stereocenters. The standard InChI is InChI=1S/C19H30N4O2/c1-14-12-16(15(2)20-14)13-18(24)22-8-10-23(11-9-22)19(25)21-17-6-4-3-5-7-17/h12,17,20H,3-11,13H2,1-2H3,(H,21,25). The summed E-state index contributed by atoms with van der Waals surface area (Å²) in [5.41, 5.74) is 3.22. The van der Waals surface area contributed by atoms with Crippen LogP contribution < -0.4 is 5.32 Å². The first-order valence-electron chi connectivity index (χ1n) is 9.51. The van der Waals surface area contributed by atoms with Crippen molar-refractivity contribution in [2.24, 2.45) is 0 Å². The Kier molecular flexibility index (Phi) is 5.66. The first-order chi connectivity index (χ1) is 12.0. The van der Waals surface area contributed by atoms with E-state index in [-0.39, 0.29) is 11.9 Å². The molecule has 2 fully saturated rings. The van der Waals surface area contributed by atoms with Crippen LogP contribution in [0.2, 0.25) is 0 Å². The summed E-state index contributed by atoms with van der Waals surface area (Å²) in [6.07, 6.45) is 6.34. The normalized spacial score (nSPS) is 19.1. The van der Waals surface area contributed by atoms with Crippen molar-refractivity contribution in [2.75, 3.05) is 26.2 Å². The number of carbonyl (C=O) groups excluding carboxylic acids is 2. The van der Waals surface area contributed by atoms with Crippen molar-refractivity contribution in [3.63, 3.8) is 0 Å². The van der Waals surface area contributed by atoms with Gasteiger partial charge in [-0.15, -0.1) is 0 Å². The van der Waals surface area contributed by atoms with Crippen molar-refractivity contribution >= 4 is 11.9 Å². The maximum Gasteiger partial charge on any atom is 0.317 e. The van der Waals surface area contributed by atoms with Gasteiger partial charge in [0.15, 0.2) is 0 Å². The van der Waals surface area contributed by atoms with Gasteiger partial charge in [-0.1, -0.05) is 19.3 Å². The molecule has 1 aromatic heterocycles. The Morgan fingerprint density at radius 2 is 1.72 bits per heavy atom. The average molecular weight is 346 g/mol. The number of hydrogen-bond acceptors (Lipinski definition) is 2. The zero-order chi connectivity index (χ0) is 17.8. The topological polar surface area (TPSA) is 68.4 Å². The fourth-order valence-electron chi connectivity index (χ4n) is 3.91. The van der Waals surface area contributed by atoms with Crippen LogP contribution in [-0.4, -0.2) is 58.9 Å². The number of hydrogen-bond donors (Lipinski definition) is 2. The van der Waals surface area contributed by atoms with Gasteiger partial charge in [-0.25, -0.2) is 4.79 Å². The molecule has 138 valence electrons. The van der Waals surface area contributed by atoms with Crippen molar-refractivity contribution in [1.82, 2.24) is 20.1 Å². The van der Waals surface area contributed by atoms with Crippen LogP contribution in [0, 0.1) is 13.8 Å². The average Bonchev–Trinajstić information content (AvgIpc) is 2.93. The van der Waals surface area contributed by atoms with Crippen LogP contribution in [0.1, 0.15) is 49.1 Å². The second-order valence-corrected chi connectivity index (χ2v) is 7.43. The number of nitrogens with one attached hydrogen (secondary N) is 2. The molecule has 1 aliphatic carbocycles. The molecule has 1 saturated heterocycles. The van der Waals surface area contributed by atoms with Crippen LogP contribution >= 0.6 is 0 Å². The molecule has 6 nitrogen and oxygen atoms in total. The van der Waals surface area contributed by atoms with Gasteiger partial charge in [-0.2, -0.15) is 0 Å². The third kappa shape index (κ3) is 4.55. The van der Waals surface area contributed by atoms with E-state index in [1.54, 1.807) is 0 Å². The Balaban J connectivity index is 1.45. The number of aryl methyl sites for hydroxylation is 2. The molecule has 2 aliphatic rings. The van der Waals surface area contributed by atoms with Crippen molar-refractivity contribution < 1.29 is 9.59 Å². The first kappa shape index (κ1) is 17.8. The van der Waals surface area contributed by atoms with Crippen LogP contribution in [0.3, 0.4) is 0 Å². The van der Waals surface area contributed by atoms with E-state index in [2.05, 4.69) is 10.3 Å². The highest BCUT2D eigenvalue weighted by molar-refractivity contribution is 5.80. The molecule has 0 radical (unpaired) electrons. The number of urea groups is 1. The van der Waals surface area contributed by atoms with Gasteiger partial charge in [-0.3, -0.25) is 4.79 Å². The second-order valence-electron chi connectivity index (χ2n) is 7.43. The molecule has 2 heterocycles. The minimum atomic E-state index is 0.0381. The lowest BCUT2D eigenvalue weighted by atomic mass is 9.96. The number of piperazine rings is 1. The smallest absolute Gasteiger partial charge is 0.317 e. The predicted molar refractivity (Wildman–Crippen MR) is 97.5 cm³/mol. The lowest BCUT2D eigenvalue weighted by molar-refractivity contribution is -0.131. The molecule has 3 rings (SSSR count). The Bertz CT molecular complexity index is 611. The highest BCUT2D eigenvalue weighted by Gasteiger charge is 2.26. The molecule has 25 heavy (non-hydrogen) atoms. The van der Waals surface area contributed by atoms with Gasteiger partial charge < -0.3 is 20.1 Å². The van der Waals surface area contributed by atoms with Crippen molar-refractivity contribution in [1.29, 1.82) is 0 Å². The van der Waals surface area contributed by atoms with Gasteiger partial charge in [0.2, 0.25) is 5.91 Å². The molecule has 1 aromatic rings. The molecule has 2 N–H and O–H groups in total. The summed E-state index contributed by atoms with van der Waals surface area (Å²) in [6, 6.07) is 2.41. The van der Waals surface area contributed by atoms with Crippen molar-refractivity contribution in [3.05, 3.63) is 23.0 Å². The van der Waals surface area contributed by atoms with Gasteiger partial charge in [0.1, 0.15) is 0 Å². The van der Waals surface area contributed by atoms with Gasteiger partial charge >= 0.3 is 6.03 Å².